The molecule has 0 amide bonds. The number of methoxy groups -OCH3 is 2. The van der Waals surface area contributed by atoms with Crippen LogP contribution in [0.4, 0.5) is 0 Å². The maximum Gasteiger partial charge on any atom is 0.340 e. The van der Waals surface area contributed by atoms with Gasteiger partial charge in [0, 0.05) is 19.2 Å². The first-order valence-electron chi connectivity index (χ1n) is 5.87. The van der Waals surface area contributed by atoms with E-state index >= 15 is 0 Å². The molecule has 0 bridgehead atoms. The van der Waals surface area contributed by atoms with Crippen molar-refractivity contribution in [2.24, 2.45) is 0 Å². The summed E-state index contributed by atoms with van der Waals surface area (Å²) in [6.45, 7) is 3.05. The molecular formula is C12H17N3O3. The van der Waals surface area contributed by atoms with Gasteiger partial charge >= 0.3 is 5.71 Å². The molecule has 0 radical (unpaired) electrons. The van der Waals surface area contributed by atoms with E-state index in [0.717, 1.165) is 24.5 Å². The molecule has 1 heterocycles. The smallest absolute Gasteiger partial charge is 0.340 e. The summed E-state index contributed by atoms with van der Waals surface area (Å²) in [4.78, 5) is 5.43. The molecule has 2 aliphatic rings. The van der Waals surface area contributed by atoms with E-state index in [1.165, 1.54) is 0 Å². The van der Waals surface area contributed by atoms with Crippen LogP contribution in [-0.4, -0.2) is 55.9 Å². The molecule has 1 fully saturated rings. The zero-order valence-corrected chi connectivity index (χ0v) is 10.7. The zero-order chi connectivity index (χ0) is 13.0. The van der Waals surface area contributed by atoms with Crippen molar-refractivity contribution in [2.45, 2.75) is 6.42 Å². The molecular weight excluding hydrogens is 234 g/mol. The summed E-state index contributed by atoms with van der Waals surface area (Å²) in [6, 6.07) is 0. The summed E-state index contributed by atoms with van der Waals surface area (Å²) in [6.07, 6.45) is 2.28. The third-order valence-corrected chi connectivity index (χ3v) is 3.10. The van der Waals surface area contributed by atoms with Crippen LogP contribution >= 0.6 is 0 Å². The Balaban J connectivity index is 2.32. The van der Waals surface area contributed by atoms with Gasteiger partial charge in [0.05, 0.1) is 33.1 Å². The minimum atomic E-state index is 0.430. The summed E-state index contributed by atoms with van der Waals surface area (Å²) in [5, 5.41) is 0. The normalized spacial score (nSPS) is 20.4. The lowest BCUT2D eigenvalue weighted by molar-refractivity contribution is -0.0128. The van der Waals surface area contributed by atoms with Crippen LogP contribution < -0.4 is 0 Å². The Morgan fingerprint density at radius 1 is 1.28 bits per heavy atom. The van der Waals surface area contributed by atoms with Gasteiger partial charge in [-0.1, -0.05) is 0 Å². The highest BCUT2D eigenvalue weighted by atomic mass is 16.5. The van der Waals surface area contributed by atoms with Gasteiger partial charge in [0.2, 0.25) is 5.76 Å². The minimum absolute atomic E-state index is 0.430. The van der Waals surface area contributed by atoms with Crippen LogP contribution in [0.25, 0.3) is 5.53 Å². The van der Waals surface area contributed by atoms with Gasteiger partial charge in [-0.05, 0) is 0 Å². The van der Waals surface area contributed by atoms with Crippen molar-refractivity contribution in [3.8, 4) is 0 Å². The molecule has 0 aromatic carbocycles. The third kappa shape index (κ3) is 2.39. The molecule has 18 heavy (non-hydrogen) atoms. The van der Waals surface area contributed by atoms with Gasteiger partial charge in [0.1, 0.15) is 12.2 Å². The van der Waals surface area contributed by atoms with Crippen LogP contribution in [0.1, 0.15) is 6.42 Å². The summed E-state index contributed by atoms with van der Waals surface area (Å²) >= 11 is 0. The van der Waals surface area contributed by atoms with Crippen LogP contribution in [0, 0.1) is 0 Å². The van der Waals surface area contributed by atoms with E-state index in [1.807, 2.05) is 6.08 Å². The number of hydrogen-bond acceptors (Lipinski definition) is 4. The summed E-state index contributed by atoms with van der Waals surface area (Å²) in [7, 11) is 3.18. The highest BCUT2D eigenvalue weighted by Crippen LogP contribution is 2.25. The average molecular weight is 251 g/mol. The number of nitrogens with zero attached hydrogens (tertiary/aromatic N) is 3. The fraction of sp³-hybridized carbons (Fsp3) is 0.583. The van der Waals surface area contributed by atoms with E-state index in [0.29, 0.717) is 31.1 Å². The molecule has 0 saturated carbocycles. The van der Waals surface area contributed by atoms with Crippen molar-refractivity contribution in [2.75, 3.05) is 40.5 Å². The predicted octanol–water partition coefficient (Wildman–Crippen LogP) is 0.781. The molecule has 6 heteroatoms. The van der Waals surface area contributed by atoms with Crippen LogP contribution in [0.3, 0.4) is 0 Å². The molecule has 0 spiro atoms. The fourth-order valence-electron chi connectivity index (χ4n) is 2.13. The molecule has 0 aromatic rings. The Labute approximate surface area is 106 Å². The summed E-state index contributed by atoms with van der Waals surface area (Å²) in [5.41, 5.74) is 10.4. The first-order valence-corrected chi connectivity index (χ1v) is 5.87. The van der Waals surface area contributed by atoms with Crippen molar-refractivity contribution < 1.29 is 19.0 Å². The van der Waals surface area contributed by atoms with Gasteiger partial charge in [0.25, 0.3) is 0 Å². The molecule has 1 aliphatic heterocycles. The van der Waals surface area contributed by atoms with Crippen molar-refractivity contribution >= 4 is 5.71 Å². The van der Waals surface area contributed by atoms with E-state index < -0.39 is 0 Å². The van der Waals surface area contributed by atoms with Crippen molar-refractivity contribution in [1.82, 2.24) is 4.90 Å². The van der Waals surface area contributed by atoms with Gasteiger partial charge in [-0.15, -0.1) is 0 Å². The van der Waals surface area contributed by atoms with E-state index in [4.69, 9.17) is 19.7 Å². The second-order valence-corrected chi connectivity index (χ2v) is 4.05. The fourth-order valence-corrected chi connectivity index (χ4v) is 2.13. The SMILES string of the molecule is COC1=CC(N2CCOCC2)=C(OC)CC1=[N+]=[N-]. The Kier molecular flexibility index (Phi) is 4.02. The summed E-state index contributed by atoms with van der Waals surface area (Å²) < 4.78 is 16.0. The van der Waals surface area contributed by atoms with Gasteiger partial charge in [0.15, 0.2) is 0 Å². The minimum Gasteiger partial charge on any atom is -0.498 e. The molecule has 0 aromatic heterocycles. The molecule has 0 unspecified atom stereocenters. The van der Waals surface area contributed by atoms with Gasteiger partial charge in [-0.25, -0.2) is 0 Å². The van der Waals surface area contributed by atoms with Gasteiger partial charge in [-0.2, -0.15) is 4.79 Å². The molecule has 98 valence electrons. The van der Waals surface area contributed by atoms with Crippen LogP contribution in [0.2, 0.25) is 0 Å². The Bertz CT molecular complexity index is 430. The van der Waals surface area contributed by atoms with Crippen molar-refractivity contribution in [3.05, 3.63) is 28.8 Å². The maximum absolute atomic E-state index is 8.96. The van der Waals surface area contributed by atoms with Crippen molar-refractivity contribution in [1.29, 1.82) is 0 Å². The van der Waals surface area contributed by atoms with Crippen molar-refractivity contribution in [3.63, 3.8) is 0 Å². The molecule has 0 N–H and O–H groups in total. The average Bonchev–Trinajstić information content (AvgIpc) is 2.46. The predicted molar refractivity (Wildman–Crippen MR) is 64.8 cm³/mol. The lowest BCUT2D eigenvalue weighted by Crippen LogP contribution is -2.37. The summed E-state index contributed by atoms with van der Waals surface area (Å²) in [5.74, 6) is 1.35. The highest BCUT2D eigenvalue weighted by molar-refractivity contribution is 5.97. The Hall–Kier alpha value is -1.78. The van der Waals surface area contributed by atoms with Crippen LogP contribution in [0.15, 0.2) is 23.3 Å². The van der Waals surface area contributed by atoms with Crippen LogP contribution in [-0.2, 0) is 14.2 Å². The van der Waals surface area contributed by atoms with Crippen LogP contribution in [0.5, 0.6) is 0 Å². The second-order valence-electron chi connectivity index (χ2n) is 4.05. The number of ether oxygens (including phenoxy) is 3. The first kappa shape index (κ1) is 12.7. The first-order chi connectivity index (χ1) is 8.80. The van der Waals surface area contributed by atoms with E-state index in [-0.39, 0.29) is 0 Å². The Morgan fingerprint density at radius 3 is 2.56 bits per heavy atom. The number of morpholine rings is 1. The van der Waals surface area contributed by atoms with Gasteiger partial charge < -0.3 is 24.6 Å². The number of hydrogen-bond donors (Lipinski definition) is 0. The van der Waals surface area contributed by atoms with E-state index in [9.17, 15) is 0 Å². The number of rotatable bonds is 3. The van der Waals surface area contributed by atoms with E-state index in [2.05, 4.69) is 9.69 Å². The molecule has 0 atom stereocenters. The highest BCUT2D eigenvalue weighted by Gasteiger charge is 2.30. The molecule has 6 nitrogen and oxygen atoms in total. The van der Waals surface area contributed by atoms with E-state index in [1.54, 1.807) is 14.2 Å². The quantitative estimate of drug-likeness (QED) is 0.549. The monoisotopic (exact) mass is 251 g/mol. The second kappa shape index (κ2) is 5.71. The molecule has 2 rings (SSSR count). The largest absolute Gasteiger partial charge is 0.498 e. The molecule has 1 saturated heterocycles. The topological polar surface area (TPSA) is 67.3 Å². The maximum atomic E-state index is 8.96. The lowest BCUT2D eigenvalue weighted by atomic mass is 10.0. The molecule has 1 aliphatic carbocycles. The zero-order valence-electron chi connectivity index (χ0n) is 10.7. The van der Waals surface area contributed by atoms with Gasteiger partial charge in [-0.3, -0.25) is 0 Å². The Morgan fingerprint density at radius 2 is 2.00 bits per heavy atom. The third-order valence-electron chi connectivity index (χ3n) is 3.10. The lowest BCUT2D eigenvalue weighted by Gasteiger charge is -2.32. The standard InChI is InChI=1S/C12H17N3O3/c1-16-11-8-10(15-3-5-18-6-4-15)12(17-2)7-9(11)14-13/h8H,3-7H2,1-2H3. The number of allylic oxidation sites excluding steroid dienone is 3.